The number of carboxylic acid groups (broad SMARTS) is 1. The second-order valence-corrected chi connectivity index (χ2v) is 4.61. The third-order valence-corrected chi connectivity index (χ3v) is 3.17. The summed E-state index contributed by atoms with van der Waals surface area (Å²) in [6.45, 7) is 4.73. The maximum absolute atomic E-state index is 10.7. The van der Waals surface area contributed by atoms with E-state index in [2.05, 4.69) is 12.2 Å². The molecule has 2 N–H and O–H groups in total. The minimum Gasteiger partial charge on any atom is -0.465 e. The quantitative estimate of drug-likeness (QED) is 0.747. The maximum Gasteiger partial charge on any atom is 0.407 e. The van der Waals surface area contributed by atoms with Crippen molar-refractivity contribution in [2.24, 2.45) is 11.8 Å². The molecule has 4 heteroatoms. The number of piperidine rings is 1. The summed E-state index contributed by atoms with van der Waals surface area (Å²) in [5.74, 6) is 1.40. The van der Waals surface area contributed by atoms with Crippen molar-refractivity contribution in [2.75, 3.05) is 26.7 Å². The molecule has 0 radical (unpaired) electrons. The van der Waals surface area contributed by atoms with Crippen molar-refractivity contribution < 1.29 is 9.90 Å². The Morgan fingerprint density at radius 3 is 2.60 bits per heavy atom. The lowest BCUT2D eigenvalue weighted by Crippen LogP contribution is -2.38. The van der Waals surface area contributed by atoms with E-state index < -0.39 is 6.09 Å². The lowest BCUT2D eigenvalue weighted by molar-refractivity contribution is 0.120. The van der Waals surface area contributed by atoms with Crippen LogP contribution < -0.4 is 5.32 Å². The van der Waals surface area contributed by atoms with E-state index in [-0.39, 0.29) is 0 Å². The first-order valence-corrected chi connectivity index (χ1v) is 5.76. The van der Waals surface area contributed by atoms with E-state index in [1.54, 1.807) is 0 Å². The molecule has 0 aromatic carbocycles. The zero-order valence-corrected chi connectivity index (χ0v) is 9.70. The van der Waals surface area contributed by atoms with Gasteiger partial charge in [-0.2, -0.15) is 0 Å². The summed E-state index contributed by atoms with van der Waals surface area (Å²) in [6, 6.07) is 0. The summed E-state index contributed by atoms with van der Waals surface area (Å²) in [5.41, 5.74) is 0. The van der Waals surface area contributed by atoms with Crippen molar-refractivity contribution in [1.29, 1.82) is 0 Å². The van der Waals surface area contributed by atoms with E-state index in [1.165, 1.54) is 11.3 Å². The molecule has 1 fully saturated rings. The second-order valence-electron chi connectivity index (χ2n) is 4.61. The molecule has 4 nitrogen and oxygen atoms in total. The second kappa shape index (κ2) is 5.95. The lowest BCUT2D eigenvalue weighted by atomic mass is 9.88. The molecule has 1 unspecified atom stereocenters. The first-order chi connectivity index (χ1) is 7.13. The molecule has 0 spiro atoms. The fourth-order valence-corrected chi connectivity index (χ4v) is 2.36. The number of rotatable bonds is 4. The predicted octanol–water partition coefficient (Wildman–Crippen LogP) is 1.62. The van der Waals surface area contributed by atoms with Crippen molar-refractivity contribution in [1.82, 2.24) is 10.2 Å². The Balaban J connectivity index is 2.22. The fraction of sp³-hybridized carbons (Fsp3) is 0.909. The molecule has 0 aromatic heterocycles. The number of likely N-dealkylation sites (tertiary alicyclic amines) is 1. The topological polar surface area (TPSA) is 52.6 Å². The van der Waals surface area contributed by atoms with E-state index >= 15 is 0 Å². The standard InChI is InChI=1S/C11H22N2O2/c1-9(8-12-2)7-10-3-5-13(6-4-10)11(14)15/h9-10,12H,3-8H2,1-2H3,(H,14,15). The van der Waals surface area contributed by atoms with Crippen LogP contribution in [-0.2, 0) is 0 Å². The average Bonchev–Trinajstić information content (AvgIpc) is 2.18. The minimum absolute atomic E-state index is 0.691. The molecule has 1 rings (SSSR count). The Bertz CT molecular complexity index is 201. The van der Waals surface area contributed by atoms with Crippen LogP contribution in [0.4, 0.5) is 4.79 Å². The van der Waals surface area contributed by atoms with Gasteiger partial charge in [-0.05, 0) is 44.7 Å². The van der Waals surface area contributed by atoms with Crippen molar-refractivity contribution in [3.8, 4) is 0 Å². The lowest BCUT2D eigenvalue weighted by Gasteiger charge is -2.31. The SMILES string of the molecule is CNCC(C)CC1CCN(C(=O)O)CC1. The molecule has 1 atom stereocenters. The molecule has 1 amide bonds. The molecule has 0 aliphatic carbocycles. The van der Waals surface area contributed by atoms with Crippen molar-refractivity contribution in [2.45, 2.75) is 26.2 Å². The van der Waals surface area contributed by atoms with Crippen molar-refractivity contribution in [3.05, 3.63) is 0 Å². The third kappa shape index (κ3) is 4.08. The molecule has 1 aliphatic heterocycles. The zero-order valence-electron chi connectivity index (χ0n) is 9.70. The summed E-state index contributed by atoms with van der Waals surface area (Å²) in [7, 11) is 1.98. The van der Waals surface area contributed by atoms with E-state index in [9.17, 15) is 4.79 Å². The molecule has 1 saturated heterocycles. The highest BCUT2D eigenvalue weighted by molar-refractivity contribution is 5.64. The molecule has 0 bridgehead atoms. The van der Waals surface area contributed by atoms with Crippen LogP contribution in [0.2, 0.25) is 0 Å². The highest BCUT2D eigenvalue weighted by atomic mass is 16.4. The number of nitrogens with one attached hydrogen (secondary N) is 1. The van der Waals surface area contributed by atoms with E-state index in [0.29, 0.717) is 24.9 Å². The Kier molecular flexibility index (Phi) is 4.88. The number of hydrogen-bond donors (Lipinski definition) is 2. The highest BCUT2D eigenvalue weighted by Crippen LogP contribution is 2.23. The van der Waals surface area contributed by atoms with Gasteiger partial charge in [-0.25, -0.2) is 4.79 Å². The summed E-state index contributed by atoms with van der Waals surface area (Å²) in [6.07, 6.45) is 2.51. The highest BCUT2D eigenvalue weighted by Gasteiger charge is 2.23. The first kappa shape index (κ1) is 12.3. The van der Waals surface area contributed by atoms with Gasteiger partial charge in [0, 0.05) is 13.1 Å². The van der Waals surface area contributed by atoms with Gasteiger partial charge in [0.25, 0.3) is 0 Å². The predicted molar refractivity (Wildman–Crippen MR) is 60.0 cm³/mol. The van der Waals surface area contributed by atoms with Gasteiger partial charge in [-0.3, -0.25) is 0 Å². The van der Waals surface area contributed by atoms with Gasteiger partial charge in [0.05, 0.1) is 0 Å². The number of nitrogens with zero attached hydrogens (tertiary/aromatic N) is 1. The van der Waals surface area contributed by atoms with Crippen molar-refractivity contribution in [3.63, 3.8) is 0 Å². The minimum atomic E-state index is -0.767. The van der Waals surface area contributed by atoms with Gasteiger partial charge in [-0.1, -0.05) is 6.92 Å². The monoisotopic (exact) mass is 214 g/mol. The number of amides is 1. The van der Waals surface area contributed by atoms with Gasteiger partial charge >= 0.3 is 6.09 Å². The Morgan fingerprint density at radius 2 is 2.13 bits per heavy atom. The zero-order chi connectivity index (χ0) is 11.3. The summed E-state index contributed by atoms with van der Waals surface area (Å²) >= 11 is 0. The summed E-state index contributed by atoms with van der Waals surface area (Å²) in [4.78, 5) is 12.2. The summed E-state index contributed by atoms with van der Waals surface area (Å²) in [5, 5.41) is 12.0. The Hall–Kier alpha value is -0.770. The molecule has 15 heavy (non-hydrogen) atoms. The summed E-state index contributed by atoms with van der Waals surface area (Å²) < 4.78 is 0. The Morgan fingerprint density at radius 1 is 1.53 bits per heavy atom. The molecular formula is C11H22N2O2. The van der Waals surface area contributed by atoms with E-state index in [0.717, 1.165) is 19.4 Å². The molecular weight excluding hydrogens is 192 g/mol. The molecule has 0 aromatic rings. The van der Waals surface area contributed by atoms with Gasteiger partial charge in [0.15, 0.2) is 0 Å². The van der Waals surface area contributed by atoms with Crippen LogP contribution in [-0.4, -0.2) is 42.8 Å². The largest absolute Gasteiger partial charge is 0.465 e. The number of carbonyl (C=O) groups is 1. The van der Waals surface area contributed by atoms with Crippen LogP contribution in [0.3, 0.4) is 0 Å². The average molecular weight is 214 g/mol. The molecule has 1 aliphatic rings. The van der Waals surface area contributed by atoms with Crippen LogP contribution in [0, 0.1) is 11.8 Å². The fourth-order valence-electron chi connectivity index (χ4n) is 2.36. The van der Waals surface area contributed by atoms with Gasteiger partial charge in [-0.15, -0.1) is 0 Å². The normalized spacial score (nSPS) is 20.3. The smallest absolute Gasteiger partial charge is 0.407 e. The van der Waals surface area contributed by atoms with Crippen LogP contribution in [0.25, 0.3) is 0 Å². The van der Waals surface area contributed by atoms with Crippen LogP contribution in [0.1, 0.15) is 26.2 Å². The molecule has 88 valence electrons. The van der Waals surface area contributed by atoms with Crippen LogP contribution in [0.5, 0.6) is 0 Å². The first-order valence-electron chi connectivity index (χ1n) is 5.76. The van der Waals surface area contributed by atoms with Crippen LogP contribution in [0.15, 0.2) is 0 Å². The van der Waals surface area contributed by atoms with Gasteiger partial charge in [0.2, 0.25) is 0 Å². The van der Waals surface area contributed by atoms with Crippen LogP contribution >= 0.6 is 0 Å². The van der Waals surface area contributed by atoms with Gasteiger partial charge < -0.3 is 15.3 Å². The molecule has 0 saturated carbocycles. The van der Waals surface area contributed by atoms with E-state index in [1.807, 2.05) is 7.05 Å². The van der Waals surface area contributed by atoms with Crippen molar-refractivity contribution >= 4 is 6.09 Å². The molecule has 1 heterocycles. The third-order valence-electron chi connectivity index (χ3n) is 3.17. The number of hydrogen-bond acceptors (Lipinski definition) is 2. The Labute approximate surface area is 91.6 Å². The maximum atomic E-state index is 10.7. The van der Waals surface area contributed by atoms with E-state index in [4.69, 9.17) is 5.11 Å². The van der Waals surface area contributed by atoms with Gasteiger partial charge in [0.1, 0.15) is 0 Å².